The van der Waals surface area contributed by atoms with Gasteiger partial charge >= 0.3 is 5.69 Å². The van der Waals surface area contributed by atoms with Crippen LogP contribution >= 0.6 is 0 Å². The summed E-state index contributed by atoms with van der Waals surface area (Å²) >= 11 is 0. The Morgan fingerprint density at radius 3 is 2.62 bits per heavy atom. The van der Waals surface area contributed by atoms with Crippen molar-refractivity contribution in [2.45, 2.75) is 60.4 Å². The maximum absolute atomic E-state index is 13.4. The van der Waals surface area contributed by atoms with E-state index in [1.165, 1.54) is 9.47 Å². The standard InChI is InChI=1S/C24H32N4O4/c1-6-7-10-27(20-22(25)28(12-14(2)3)24(31)26-23(20)30)19(29)11-17-13-32-21-16(5)15(4)8-9-18(17)21/h8-9,13-14H,6-7,10-12,25H2,1-5H3,(H,26,30,31). The molecule has 1 aromatic carbocycles. The normalized spacial score (nSPS) is 11.4. The topological polar surface area (TPSA) is 114 Å². The molecule has 172 valence electrons. The predicted octanol–water partition coefficient (Wildman–Crippen LogP) is 3.51. The SMILES string of the molecule is CCCCN(C(=O)Cc1coc2c(C)c(C)ccc12)c1c(N)n(CC(C)C)c(=O)[nH]c1=O. The van der Waals surface area contributed by atoms with E-state index in [0.29, 0.717) is 19.5 Å². The van der Waals surface area contributed by atoms with Crippen molar-refractivity contribution in [3.63, 3.8) is 0 Å². The summed E-state index contributed by atoms with van der Waals surface area (Å²) in [6, 6.07) is 3.95. The van der Waals surface area contributed by atoms with E-state index in [4.69, 9.17) is 10.2 Å². The Morgan fingerprint density at radius 1 is 1.25 bits per heavy atom. The molecule has 0 saturated heterocycles. The van der Waals surface area contributed by atoms with Crippen LogP contribution in [0.15, 0.2) is 32.4 Å². The zero-order valence-electron chi connectivity index (χ0n) is 19.4. The van der Waals surface area contributed by atoms with E-state index in [2.05, 4.69) is 4.98 Å². The number of aromatic amines is 1. The highest BCUT2D eigenvalue weighted by atomic mass is 16.3. The molecule has 0 unspecified atom stereocenters. The lowest BCUT2D eigenvalue weighted by Crippen LogP contribution is -2.42. The molecule has 0 atom stereocenters. The number of anilines is 2. The van der Waals surface area contributed by atoms with Crippen molar-refractivity contribution >= 4 is 28.4 Å². The second-order valence-electron chi connectivity index (χ2n) is 8.72. The molecule has 2 heterocycles. The molecule has 2 aromatic heterocycles. The second kappa shape index (κ2) is 9.46. The van der Waals surface area contributed by atoms with Gasteiger partial charge in [0.05, 0.1) is 12.7 Å². The van der Waals surface area contributed by atoms with Crippen LogP contribution in [0, 0.1) is 19.8 Å². The summed E-state index contributed by atoms with van der Waals surface area (Å²) in [5, 5.41) is 0.878. The number of nitrogens with zero attached hydrogens (tertiary/aromatic N) is 2. The number of furan rings is 1. The van der Waals surface area contributed by atoms with Gasteiger partial charge < -0.3 is 15.1 Å². The molecule has 3 aromatic rings. The minimum Gasteiger partial charge on any atom is -0.464 e. The highest BCUT2D eigenvalue weighted by molar-refractivity contribution is 5.99. The van der Waals surface area contributed by atoms with Crippen LogP contribution < -0.4 is 21.9 Å². The van der Waals surface area contributed by atoms with Crippen molar-refractivity contribution in [3.8, 4) is 0 Å². The Hall–Kier alpha value is -3.29. The van der Waals surface area contributed by atoms with Gasteiger partial charge in [0.15, 0.2) is 5.69 Å². The molecule has 1 amide bonds. The number of aromatic nitrogens is 2. The average Bonchev–Trinajstić information content (AvgIpc) is 3.13. The van der Waals surface area contributed by atoms with E-state index in [9.17, 15) is 14.4 Å². The predicted molar refractivity (Wildman–Crippen MR) is 127 cm³/mol. The number of carbonyl (C=O) groups is 1. The minimum atomic E-state index is -0.652. The number of hydrogen-bond donors (Lipinski definition) is 2. The Bertz CT molecular complexity index is 1250. The molecule has 0 saturated carbocycles. The fourth-order valence-electron chi connectivity index (χ4n) is 3.85. The quantitative estimate of drug-likeness (QED) is 0.556. The van der Waals surface area contributed by atoms with E-state index in [1.54, 1.807) is 6.26 Å². The van der Waals surface area contributed by atoms with Gasteiger partial charge in [-0.1, -0.05) is 39.3 Å². The second-order valence-corrected chi connectivity index (χ2v) is 8.72. The van der Waals surface area contributed by atoms with Gasteiger partial charge in [-0.2, -0.15) is 0 Å². The first kappa shape index (κ1) is 23.4. The highest BCUT2D eigenvalue weighted by Crippen LogP contribution is 2.28. The van der Waals surface area contributed by atoms with Crippen molar-refractivity contribution in [2.75, 3.05) is 17.2 Å². The van der Waals surface area contributed by atoms with E-state index >= 15 is 0 Å². The number of benzene rings is 1. The molecular weight excluding hydrogens is 408 g/mol. The third-order valence-electron chi connectivity index (χ3n) is 5.75. The van der Waals surface area contributed by atoms with Crippen LogP contribution in [0.5, 0.6) is 0 Å². The smallest absolute Gasteiger partial charge is 0.330 e. The van der Waals surface area contributed by atoms with Crippen LogP contribution in [0.1, 0.15) is 50.3 Å². The number of nitrogen functional groups attached to an aromatic ring is 1. The number of nitrogens with one attached hydrogen (secondary N) is 1. The largest absolute Gasteiger partial charge is 0.464 e. The molecule has 3 N–H and O–H groups in total. The van der Waals surface area contributed by atoms with Crippen molar-refractivity contribution in [1.82, 2.24) is 9.55 Å². The lowest BCUT2D eigenvalue weighted by atomic mass is 10.0. The maximum atomic E-state index is 13.4. The van der Waals surface area contributed by atoms with Gasteiger partial charge in [-0.05, 0) is 37.3 Å². The molecule has 0 aliphatic heterocycles. The van der Waals surface area contributed by atoms with Crippen molar-refractivity contribution < 1.29 is 9.21 Å². The summed E-state index contributed by atoms with van der Waals surface area (Å²) in [4.78, 5) is 42.2. The molecule has 8 nitrogen and oxygen atoms in total. The Morgan fingerprint density at radius 2 is 1.97 bits per heavy atom. The number of unbranched alkanes of at least 4 members (excludes halogenated alkanes) is 1. The Labute approximate surface area is 187 Å². The summed E-state index contributed by atoms with van der Waals surface area (Å²) < 4.78 is 7.07. The van der Waals surface area contributed by atoms with E-state index in [1.807, 2.05) is 46.8 Å². The molecule has 8 heteroatoms. The van der Waals surface area contributed by atoms with E-state index in [-0.39, 0.29) is 29.8 Å². The lowest BCUT2D eigenvalue weighted by Gasteiger charge is -2.25. The molecule has 0 spiro atoms. The fraction of sp³-hybridized carbons (Fsp3) is 0.458. The summed E-state index contributed by atoms with van der Waals surface area (Å²) in [5.74, 6) is -0.121. The average molecular weight is 441 g/mol. The zero-order chi connectivity index (χ0) is 23.6. The molecule has 0 aliphatic carbocycles. The van der Waals surface area contributed by atoms with Gasteiger partial charge in [0, 0.05) is 24.0 Å². The third kappa shape index (κ3) is 4.49. The fourth-order valence-corrected chi connectivity index (χ4v) is 3.85. The number of aryl methyl sites for hydroxylation is 2. The highest BCUT2D eigenvalue weighted by Gasteiger charge is 2.25. The van der Waals surface area contributed by atoms with E-state index in [0.717, 1.165) is 34.1 Å². The first-order chi connectivity index (χ1) is 15.1. The van der Waals surface area contributed by atoms with E-state index < -0.39 is 11.2 Å². The van der Waals surface area contributed by atoms with Crippen molar-refractivity contribution in [1.29, 1.82) is 0 Å². The van der Waals surface area contributed by atoms with Crippen molar-refractivity contribution in [2.24, 2.45) is 5.92 Å². The summed E-state index contributed by atoms with van der Waals surface area (Å²) in [7, 11) is 0. The number of amides is 1. The summed E-state index contributed by atoms with van der Waals surface area (Å²) in [5.41, 5.74) is 8.74. The minimum absolute atomic E-state index is 0.0143. The van der Waals surface area contributed by atoms with Gasteiger partial charge in [0.1, 0.15) is 11.4 Å². The number of rotatable bonds is 8. The third-order valence-corrected chi connectivity index (χ3v) is 5.75. The molecule has 3 rings (SSSR count). The van der Waals surface area contributed by atoms with Crippen LogP contribution in [0.3, 0.4) is 0 Å². The van der Waals surface area contributed by atoms with Gasteiger partial charge in [-0.3, -0.25) is 19.1 Å². The molecule has 0 radical (unpaired) electrons. The molecule has 0 aliphatic rings. The van der Waals surface area contributed by atoms with Crippen molar-refractivity contribution in [3.05, 3.63) is 55.9 Å². The number of H-pyrrole nitrogens is 1. The summed E-state index contributed by atoms with van der Waals surface area (Å²) in [6.07, 6.45) is 3.18. The number of nitrogens with two attached hydrogens (primary N) is 1. The number of fused-ring (bicyclic) bond motifs is 1. The van der Waals surface area contributed by atoms with Gasteiger partial charge in [-0.15, -0.1) is 0 Å². The van der Waals surface area contributed by atoms with Crippen LogP contribution in [0.4, 0.5) is 11.5 Å². The summed E-state index contributed by atoms with van der Waals surface area (Å²) in [6.45, 7) is 10.6. The van der Waals surface area contributed by atoms with Crippen LogP contribution in [-0.2, 0) is 17.8 Å². The van der Waals surface area contributed by atoms with Crippen LogP contribution in [0.2, 0.25) is 0 Å². The molecule has 32 heavy (non-hydrogen) atoms. The maximum Gasteiger partial charge on any atom is 0.330 e. The lowest BCUT2D eigenvalue weighted by molar-refractivity contribution is -0.118. The van der Waals surface area contributed by atoms with Gasteiger partial charge in [0.2, 0.25) is 5.91 Å². The van der Waals surface area contributed by atoms with Crippen LogP contribution in [-0.4, -0.2) is 22.0 Å². The first-order valence-corrected chi connectivity index (χ1v) is 11.0. The van der Waals surface area contributed by atoms with Gasteiger partial charge in [-0.25, -0.2) is 4.79 Å². The monoisotopic (exact) mass is 440 g/mol. The number of hydrogen-bond acceptors (Lipinski definition) is 5. The zero-order valence-corrected chi connectivity index (χ0v) is 19.4. The van der Waals surface area contributed by atoms with Gasteiger partial charge in [0.25, 0.3) is 5.56 Å². The molecular formula is C24H32N4O4. The molecule has 0 fully saturated rings. The Balaban J connectivity index is 2.04. The Kier molecular flexibility index (Phi) is 6.91. The number of carbonyl (C=O) groups excluding carboxylic acids is 1. The van der Waals surface area contributed by atoms with Crippen LogP contribution in [0.25, 0.3) is 11.0 Å². The molecule has 0 bridgehead atoms. The first-order valence-electron chi connectivity index (χ1n) is 11.0.